The molecule has 144 valence electrons. The van der Waals surface area contributed by atoms with Crippen molar-refractivity contribution in [3.8, 4) is 11.5 Å². The summed E-state index contributed by atoms with van der Waals surface area (Å²) in [7, 11) is 1.52. The van der Waals surface area contributed by atoms with Gasteiger partial charge in [-0.25, -0.2) is 0 Å². The molecular formula is C19H22N2O6. The van der Waals surface area contributed by atoms with Crippen LogP contribution in [0, 0.1) is 6.92 Å². The van der Waals surface area contributed by atoms with E-state index in [1.165, 1.54) is 20.1 Å². The van der Waals surface area contributed by atoms with Crippen LogP contribution in [0.1, 0.15) is 36.3 Å². The molecule has 0 spiro atoms. The number of nitrogens with one attached hydrogen (secondary N) is 1. The average Bonchev–Trinajstić information content (AvgIpc) is 2.63. The van der Waals surface area contributed by atoms with Crippen molar-refractivity contribution >= 4 is 11.8 Å². The normalized spacial score (nSPS) is 12.9. The minimum Gasteiger partial charge on any atom is -0.502 e. The van der Waals surface area contributed by atoms with Crippen molar-refractivity contribution in [2.75, 3.05) is 7.11 Å². The number of carbonyl (C=O) groups is 2. The summed E-state index contributed by atoms with van der Waals surface area (Å²) >= 11 is 0. The second-order valence-corrected chi connectivity index (χ2v) is 6.16. The monoisotopic (exact) mass is 374 g/mol. The second-order valence-electron chi connectivity index (χ2n) is 6.16. The molecule has 0 aliphatic heterocycles. The van der Waals surface area contributed by atoms with E-state index < -0.39 is 35.0 Å². The van der Waals surface area contributed by atoms with E-state index in [0.29, 0.717) is 17.1 Å². The summed E-state index contributed by atoms with van der Waals surface area (Å²) in [5, 5.41) is 12.7. The molecule has 2 amide bonds. The Morgan fingerprint density at radius 3 is 2.48 bits per heavy atom. The molecule has 2 atom stereocenters. The molecule has 0 aliphatic carbocycles. The Bertz CT molecular complexity index is 888. The maximum absolute atomic E-state index is 12.4. The van der Waals surface area contributed by atoms with E-state index in [-0.39, 0.29) is 12.2 Å². The van der Waals surface area contributed by atoms with Crippen molar-refractivity contribution in [2.24, 2.45) is 5.73 Å². The highest BCUT2D eigenvalue weighted by atomic mass is 16.5. The van der Waals surface area contributed by atoms with Gasteiger partial charge in [0.1, 0.15) is 17.6 Å². The van der Waals surface area contributed by atoms with E-state index in [1.807, 2.05) is 0 Å². The summed E-state index contributed by atoms with van der Waals surface area (Å²) < 4.78 is 10.7. The van der Waals surface area contributed by atoms with E-state index in [0.717, 1.165) is 0 Å². The van der Waals surface area contributed by atoms with Crippen molar-refractivity contribution in [1.82, 2.24) is 5.32 Å². The lowest BCUT2D eigenvalue weighted by molar-refractivity contribution is -0.127. The first-order valence-corrected chi connectivity index (χ1v) is 8.29. The molecule has 0 saturated heterocycles. The van der Waals surface area contributed by atoms with Gasteiger partial charge in [-0.05, 0) is 31.5 Å². The molecule has 2 aromatic rings. The van der Waals surface area contributed by atoms with Gasteiger partial charge in [0, 0.05) is 12.5 Å². The van der Waals surface area contributed by atoms with Gasteiger partial charge in [-0.3, -0.25) is 14.4 Å². The molecule has 2 rings (SSSR count). The number of ether oxygens (including phenoxy) is 1. The topological polar surface area (TPSA) is 132 Å². The molecule has 1 aromatic heterocycles. The Kier molecular flexibility index (Phi) is 6.23. The SMILES string of the molecule is COc1ccc(C(CC(=O)N[C@@H](C)C(N)=O)c2oc(C)cc(=O)c2O)cc1. The molecule has 4 N–H and O–H groups in total. The van der Waals surface area contributed by atoms with E-state index in [9.17, 15) is 19.5 Å². The fourth-order valence-electron chi connectivity index (χ4n) is 2.62. The second kappa shape index (κ2) is 8.39. The molecule has 0 aliphatic rings. The van der Waals surface area contributed by atoms with Crippen LogP contribution in [0.5, 0.6) is 11.5 Å². The van der Waals surface area contributed by atoms with Crippen LogP contribution >= 0.6 is 0 Å². The summed E-state index contributed by atoms with van der Waals surface area (Å²) in [5.74, 6) is -1.57. The summed E-state index contributed by atoms with van der Waals surface area (Å²) in [4.78, 5) is 35.5. The Hall–Kier alpha value is -3.29. The molecule has 0 saturated carbocycles. The summed E-state index contributed by atoms with van der Waals surface area (Å²) in [6, 6.07) is 7.10. The molecule has 0 fully saturated rings. The number of aromatic hydroxyl groups is 1. The maximum atomic E-state index is 12.4. The van der Waals surface area contributed by atoms with Crippen molar-refractivity contribution < 1.29 is 23.8 Å². The van der Waals surface area contributed by atoms with E-state index >= 15 is 0 Å². The van der Waals surface area contributed by atoms with Gasteiger partial charge in [-0.1, -0.05) is 12.1 Å². The molecule has 1 heterocycles. The van der Waals surface area contributed by atoms with E-state index in [1.54, 1.807) is 31.2 Å². The van der Waals surface area contributed by atoms with Crippen LogP contribution in [0.15, 0.2) is 39.5 Å². The average molecular weight is 374 g/mol. The van der Waals surface area contributed by atoms with Gasteiger partial charge < -0.3 is 25.3 Å². The van der Waals surface area contributed by atoms with Gasteiger partial charge in [0.2, 0.25) is 23.0 Å². The number of aryl methyl sites for hydroxylation is 1. The molecule has 27 heavy (non-hydrogen) atoms. The summed E-state index contributed by atoms with van der Waals surface area (Å²) in [5.41, 5.74) is 5.19. The lowest BCUT2D eigenvalue weighted by atomic mass is 9.91. The smallest absolute Gasteiger partial charge is 0.239 e. The zero-order valence-corrected chi connectivity index (χ0v) is 15.3. The number of primary amides is 1. The first-order valence-electron chi connectivity index (χ1n) is 8.29. The molecule has 0 bridgehead atoms. The number of rotatable bonds is 7. The molecule has 1 unspecified atom stereocenters. The minimum atomic E-state index is -0.855. The number of nitrogens with two attached hydrogens (primary N) is 1. The molecule has 0 radical (unpaired) electrons. The number of amides is 2. The Morgan fingerprint density at radius 2 is 1.93 bits per heavy atom. The third-order valence-electron chi connectivity index (χ3n) is 4.10. The summed E-state index contributed by atoms with van der Waals surface area (Å²) in [6.45, 7) is 3.04. The highest BCUT2D eigenvalue weighted by molar-refractivity contribution is 5.86. The number of methoxy groups -OCH3 is 1. The Balaban J connectivity index is 2.44. The number of hydrogen-bond acceptors (Lipinski definition) is 6. The molecule has 1 aromatic carbocycles. The van der Waals surface area contributed by atoms with E-state index in [4.69, 9.17) is 14.9 Å². The molecule has 8 heteroatoms. The minimum absolute atomic E-state index is 0.0213. The quantitative estimate of drug-likeness (QED) is 0.667. The van der Waals surface area contributed by atoms with Crippen LogP contribution in [-0.4, -0.2) is 30.1 Å². The Labute approximate surface area is 155 Å². The number of benzene rings is 1. The van der Waals surface area contributed by atoms with Gasteiger partial charge >= 0.3 is 0 Å². The van der Waals surface area contributed by atoms with Gasteiger partial charge in [0.15, 0.2) is 5.76 Å². The number of carbonyl (C=O) groups excluding carboxylic acids is 2. The van der Waals surface area contributed by atoms with Crippen LogP contribution in [-0.2, 0) is 9.59 Å². The predicted octanol–water partition coefficient (Wildman–Crippen LogP) is 1.17. The van der Waals surface area contributed by atoms with Crippen LogP contribution in [0.4, 0.5) is 0 Å². The van der Waals surface area contributed by atoms with Gasteiger partial charge in [0.05, 0.1) is 13.0 Å². The zero-order valence-electron chi connectivity index (χ0n) is 15.3. The van der Waals surface area contributed by atoms with Gasteiger partial charge in [0.25, 0.3) is 0 Å². The Morgan fingerprint density at radius 1 is 1.30 bits per heavy atom. The van der Waals surface area contributed by atoms with Crippen LogP contribution in [0.25, 0.3) is 0 Å². The molecule has 8 nitrogen and oxygen atoms in total. The van der Waals surface area contributed by atoms with Crippen molar-refractivity contribution in [3.05, 3.63) is 57.6 Å². The van der Waals surface area contributed by atoms with E-state index in [2.05, 4.69) is 5.32 Å². The van der Waals surface area contributed by atoms with Crippen molar-refractivity contribution in [2.45, 2.75) is 32.2 Å². The lowest BCUT2D eigenvalue weighted by Crippen LogP contribution is -2.42. The highest BCUT2D eigenvalue weighted by Gasteiger charge is 2.26. The van der Waals surface area contributed by atoms with Gasteiger partial charge in [-0.2, -0.15) is 0 Å². The highest BCUT2D eigenvalue weighted by Crippen LogP contribution is 2.33. The van der Waals surface area contributed by atoms with Crippen LogP contribution in [0.2, 0.25) is 0 Å². The third-order valence-corrected chi connectivity index (χ3v) is 4.10. The largest absolute Gasteiger partial charge is 0.502 e. The lowest BCUT2D eigenvalue weighted by Gasteiger charge is -2.19. The van der Waals surface area contributed by atoms with Crippen LogP contribution < -0.4 is 21.2 Å². The first kappa shape index (κ1) is 20.0. The predicted molar refractivity (Wildman–Crippen MR) is 97.6 cm³/mol. The zero-order chi connectivity index (χ0) is 20.1. The van der Waals surface area contributed by atoms with Gasteiger partial charge in [-0.15, -0.1) is 0 Å². The standard InChI is InChI=1S/C19H22N2O6/c1-10-8-15(22)17(24)18(27-10)14(9-16(23)21-11(2)19(20)25)12-4-6-13(26-3)7-5-12/h4-8,11,14,24H,9H2,1-3H3,(H2,20,25)(H,21,23)/t11-,14?/m0/s1. The molecular weight excluding hydrogens is 352 g/mol. The summed E-state index contributed by atoms with van der Waals surface area (Å²) in [6.07, 6.45) is -0.163. The van der Waals surface area contributed by atoms with Crippen molar-refractivity contribution in [1.29, 1.82) is 0 Å². The third kappa shape index (κ3) is 4.87. The van der Waals surface area contributed by atoms with Crippen LogP contribution in [0.3, 0.4) is 0 Å². The first-order chi connectivity index (χ1) is 12.7. The maximum Gasteiger partial charge on any atom is 0.239 e. The number of hydrogen-bond donors (Lipinski definition) is 3. The fraction of sp³-hybridized carbons (Fsp3) is 0.316. The van der Waals surface area contributed by atoms with Crippen molar-refractivity contribution in [3.63, 3.8) is 0 Å². The fourth-order valence-corrected chi connectivity index (χ4v) is 2.62.